The zero-order valence-corrected chi connectivity index (χ0v) is 18.6. The largest absolute Gasteiger partial charge is 0.416 e. The number of pyridine rings is 1. The molecule has 0 radical (unpaired) electrons. The molecule has 0 atom stereocenters. The first-order chi connectivity index (χ1) is 15.7. The van der Waals surface area contributed by atoms with Gasteiger partial charge in [-0.1, -0.05) is 6.92 Å². The molecule has 174 valence electrons. The Balaban J connectivity index is 1.58. The summed E-state index contributed by atoms with van der Waals surface area (Å²) in [5.41, 5.74) is 1.40. The lowest BCUT2D eigenvalue weighted by Crippen LogP contribution is -2.29. The van der Waals surface area contributed by atoms with Crippen LogP contribution < -0.4 is 10.2 Å². The second-order valence-electron chi connectivity index (χ2n) is 7.56. The highest BCUT2D eigenvalue weighted by Crippen LogP contribution is 2.31. The topological polar surface area (TPSA) is 88.1 Å². The van der Waals surface area contributed by atoms with E-state index >= 15 is 0 Å². The van der Waals surface area contributed by atoms with E-state index in [0.29, 0.717) is 43.3 Å². The summed E-state index contributed by atoms with van der Waals surface area (Å²) < 4.78 is 63.6. The summed E-state index contributed by atoms with van der Waals surface area (Å²) in [7, 11) is -3.45. The number of hydrogen-bond donors (Lipinski definition) is 1. The van der Waals surface area contributed by atoms with Crippen molar-refractivity contribution in [2.45, 2.75) is 30.8 Å². The fraction of sp³-hybridized carbons (Fsp3) is 0.318. The van der Waals surface area contributed by atoms with Gasteiger partial charge in [0, 0.05) is 37.0 Å². The molecule has 0 fully saturated rings. The number of benzene rings is 1. The molecule has 4 rings (SSSR count). The molecule has 3 heterocycles. The summed E-state index contributed by atoms with van der Waals surface area (Å²) in [6.45, 7) is 2.61. The van der Waals surface area contributed by atoms with Crippen LogP contribution in [0.5, 0.6) is 0 Å². The number of halogens is 3. The summed E-state index contributed by atoms with van der Waals surface area (Å²) >= 11 is 0. The maximum atomic E-state index is 12.8. The fourth-order valence-corrected chi connectivity index (χ4v) is 4.80. The molecule has 11 heteroatoms. The highest BCUT2D eigenvalue weighted by atomic mass is 32.2. The number of alkyl halides is 3. The van der Waals surface area contributed by atoms with Crippen molar-refractivity contribution in [3.63, 3.8) is 0 Å². The van der Waals surface area contributed by atoms with Crippen molar-refractivity contribution < 1.29 is 21.6 Å². The first-order valence-corrected chi connectivity index (χ1v) is 12.0. The van der Waals surface area contributed by atoms with Gasteiger partial charge in [0.1, 0.15) is 22.9 Å². The van der Waals surface area contributed by atoms with Gasteiger partial charge in [0.15, 0.2) is 9.84 Å². The summed E-state index contributed by atoms with van der Waals surface area (Å²) in [6.07, 6.45) is -0.360. The molecule has 1 aliphatic rings. The van der Waals surface area contributed by atoms with Crippen LogP contribution in [0.15, 0.2) is 53.8 Å². The first-order valence-electron chi connectivity index (χ1n) is 10.4. The van der Waals surface area contributed by atoms with E-state index in [1.54, 1.807) is 25.3 Å². The standard InChI is InChI=1S/C22H22F3N5O2S/c1-2-33(31,32)19-4-3-11-26-21(19)30-12-9-17-18(10-13-30)27-14-28-20(17)29-16-7-5-15(6-8-16)22(23,24)25/h3-8,11,14H,2,9-10,12-13H2,1H3,(H,27,28,29). The molecule has 7 nitrogen and oxygen atoms in total. The van der Waals surface area contributed by atoms with Crippen LogP contribution >= 0.6 is 0 Å². The van der Waals surface area contributed by atoms with Crippen LogP contribution in [0.3, 0.4) is 0 Å². The summed E-state index contributed by atoms with van der Waals surface area (Å²) in [5, 5.41) is 3.09. The number of anilines is 3. The second-order valence-corrected chi connectivity index (χ2v) is 9.81. The van der Waals surface area contributed by atoms with Crippen LogP contribution in [0.4, 0.5) is 30.5 Å². The Morgan fingerprint density at radius 1 is 1.03 bits per heavy atom. The minimum Gasteiger partial charge on any atom is -0.355 e. The predicted molar refractivity (Wildman–Crippen MR) is 118 cm³/mol. The van der Waals surface area contributed by atoms with E-state index in [1.165, 1.54) is 18.5 Å². The predicted octanol–water partition coefficient (Wildman–Crippen LogP) is 4.03. The highest BCUT2D eigenvalue weighted by molar-refractivity contribution is 7.91. The number of rotatable bonds is 5. The van der Waals surface area contributed by atoms with Crippen molar-refractivity contribution in [2.24, 2.45) is 0 Å². The van der Waals surface area contributed by atoms with E-state index < -0.39 is 21.6 Å². The second kappa shape index (κ2) is 8.97. The molecule has 2 aromatic heterocycles. The Hall–Kier alpha value is -3.21. The quantitative estimate of drug-likeness (QED) is 0.594. The molecule has 1 N–H and O–H groups in total. The number of nitrogens with zero attached hydrogens (tertiary/aromatic N) is 4. The van der Waals surface area contributed by atoms with E-state index in [9.17, 15) is 21.6 Å². The third-order valence-electron chi connectivity index (χ3n) is 5.53. The van der Waals surface area contributed by atoms with E-state index in [1.807, 2.05) is 4.90 Å². The van der Waals surface area contributed by atoms with Crippen molar-refractivity contribution >= 4 is 27.2 Å². The van der Waals surface area contributed by atoms with Crippen LogP contribution in [0.1, 0.15) is 23.7 Å². The Morgan fingerprint density at radius 2 is 1.76 bits per heavy atom. The summed E-state index contributed by atoms with van der Waals surface area (Å²) in [5.74, 6) is 0.910. The van der Waals surface area contributed by atoms with Gasteiger partial charge in [-0.2, -0.15) is 13.2 Å². The Morgan fingerprint density at radius 3 is 2.45 bits per heavy atom. The lowest BCUT2D eigenvalue weighted by molar-refractivity contribution is -0.137. The van der Waals surface area contributed by atoms with Crippen molar-refractivity contribution in [1.82, 2.24) is 15.0 Å². The molecule has 0 bridgehead atoms. The van der Waals surface area contributed by atoms with Crippen LogP contribution in [0.25, 0.3) is 0 Å². The van der Waals surface area contributed by atoms with Crippen LogP contribution in [0.2, 0.25) is 0 Å². The lowest BCUT2D eigenvalue weighted by atomic mass is 10.1. The van der Waals surface area contributed by atoms with Crippen molar-refractivity contribution in [2.75, 3.05) is 29.1 Å². The summed E-state index contributed by atoms with van der Waals surface area (Å²) in [6, 6.07) is 7.92. The zero-order valence-electron chi connectivity index (χ0n) is 17.8. The third kappa shape index (κ3) is 4.92. The van der Waals surface area contributed by atoms with Gasteiger partial charge in [-0.25, -0.2) is 23.4 Å². The molecule has 0 aliphatic carbocycles. The molecule has 1 aliphatic heterocycles. The molecule has 0 unspecified atom stereocenters. The van der Waals surface area contributed by atoms with Gasteiger partial charge in [0.2, 0.25) is 0 Å². The number of nitrogens with one attached hydrogen (secondary N) is 1. The van der Waals surface area contributed by atoms with Crippen LogP contribution in [-0.4, -0.2) is 42.2 Å². The van der Waals surface area contributed by atoms with Gasteiger partial charge in [-0.05, 0) is 42.8 Å². The highest BCUT2D eigenvalue weighted by Gasteiger charge is 2.30. The van der Waals surface area contributed by atoms with Crippen molar-refractivity contribution in [3.8, 4) is 0 Å². The molecule has 3 aromatic rings. The fourth-order valence-electron chi connectivity index (χ4n) is 3.74. The van der Waals surface area contributed by atoms with E-state index in [4.69, 9.17) is 0 Å². The number of aromatic nitrogens is 3. The molecular formula is C22H22F3N5O2S. The molecule has 33 heavy (non-hydrogen) atoms. The minimum atomic E-state index is -4.40. The van der Waals surface area contributed by atoms with Crippen LogP contribution in [0, 0.1) is 0 Å². The average molecular weight is 478 g/mol. The maximum absolute atomic E-state index is 12.8. The van der Waals surface area contributed by atoms with E-state index in [-0.39, 0.29) is 10.6 Å². The zero-order chi connectivity index (χ0) is 23.6. The molecule has 0 spiro atoms. The minimum absolute atomic E-state index is 0.0214. The molecular weight excluding hydrogens is 455 g/mol. The Labute approximate surface area is 189 Å². The van der Waals surface area contributed by atoms with Gasteiger partial charge in [0.25, 0.3) is 0 Å². The molecule has 0 saturated carbocycles. The number of hydrogen-bond acceptors (Lipinski definition) is 7. The maximum Gasteiger partial charge on any atom is 0.416 e. The van der Waals surface area contributed by atoms with Gasteiger partial charge < -0.3 is 10.2 Å². The molecule has 0 saturated heterocycles. The van der Waals surface area contributed by atoms with Crippen LogP contribution in [-0.2, 0) is 28.9 Å². The van der Waals surface area contributed by atoms with Gasteiger partial charge in [0.05, 0.1) is 17.0 Å². The third-order valence-corrected chi connectivity index (χ3v) is 7.27. The Bertz CT molecular complexity index is 1250. The number of sulfone groups is 1. The summed E-state index contributed by atoms with van der Waals surface area (Å²) in [4.78, 5) is 15.1. The van der Waals surface area contributed by atoms with Gasteiger partial charge >= 0.3 is 6.18 Å². The van der Waals surface area contributed by atoms with Crippen molar-refractivity contribution in [3.05, 3.63) is 65.7 Å². The monoisotopic (exact) mass is 477 g/mol. The lowest BCUT2D eigenvalue weighted by Gasteiger charge is -2.23. The average Bonchev–Trinajstić information content (AvgIpc) is 3.02. The van der Waals surface area contributed by atoms with Gasteiger partial charge in [-0.15, -0.1) is 0 Å². The Kier molecular flexibility index (Phi) is 6.24. The smallest absolute Gasteiger partial charge is 0.355 e. The van der Waals surface area contributed by atoms with E-state index in [0.717, 1.165) is 23.4 Å². The SMILES string of the molecule is CCS(=O)(=O)c1cccnc1N1CCc2ncnc(Nc3ccc(C(F)(F)F)cc3)c2CC1. The first kappa shape index (κ1) is 23.0. The van der Waals surface area contributed by atoms with E-state index in [2.05, 4.69) is 20.3 Å². The molecule has 1 aromatic carbocycles. The number of fused-ring (bicyclic) bond motifs is 1. The molecule has 0 amide bonds. The van der Waals surface area contributed by atoms with Gasteiger partial charge in [-0.3, -0.25) is 0 Å². The normalized spacial score (nSPS) is 14.5. The van der Waals surface area contributed by atoms with Crippen molar-refractivity contribution in [1.29, 1.82) is 0 Å².